The molecule has 3 heteroatoms. The molecule has 2 nitrogen and oxygen atoms in total. The van der Waals surface area contributed by atoms with Crippen molar-refractivity contribution in [1.82, 2.24) is 0 Å². The highest BCUT2D eigenvalue weighted by molar-refractivity contribution is 9.10. The Kier molecular flexibility index (Phi) is 4.96. The van der Waals surface area contributed by atoms with Crippen molar-refractivity contribution in [2.75, 3.05) is 0 Å². The van der Waals surface area contributed by atoms with E-state index in [1.54, 1.807) is 13.0 Å². The van der Waals surface area contributed by atoms with E-state index < -0.39 is 0 Å². The molecule has 0 saturated heterocycles. The van der Waals surface area contributed by atoms with E-state index in [2.05, 4.69) is 47.1 Å². The van der Waals surface area contributed by atoms with Gasteiger partial charge in [0, 0.05) is 10.0 Å². The topological polar surface area (TPSA) is 26.3 Å². The molecule has 0 heterocycles. The molecule has 20 heavy (non-hydrogen) atoms. The monoisotopic (exact) mass is 332 g/mol. The Hall–Kier alpha value is -1.61. The van der Waals surface area contributed by atoms with Gasteiger partial charge in [0.05, 0.1) is 0 Å². The van der Waals surface area contributed by atoms with Crippen molar-refractivity contribution in [3.8, 4) is 5.75 Å². The van der Waals surface area contributed by atoms with E-state index in [4.69, 9.17) is 4.74 Å². The van der Waals surface area contributed by atoms with E-state index in [0.717, 1.165) is 22.2 Å². The molecule has 0 bridgehead atoms. The van der Waals surface area contributed by atoms with Crippen LogP contribution in [0.4, 0.5) is 0 Å². The molecule has 2 aromatic carbocycles. The molecule has 0 aliphatic heterocycles. The minimum absolute atomic E-state index is 0.0404. The first kappa shape index (κ1) is 14.8. The van der Waals surface area contributed by atoms with Crippen LogP contribution in [0.1, 0.15) is 35.3 Å². The SMILES string of the molecule is CCc1ccc(COc2ccc(C(C)=O)c(Br)c2)cc1. The molecule has 0 aliphatic carbocycles. The van der Waals surface area contributed by atoms with E-state index >= 15 is 0 Å². The van der Waals surface area contributed by atoms with Crippen molar-refractivity contribution >= 4 is 21.7 Å². The molecule has 0 aromatic heterocycles. The van der Waals surface area contributed by atoms with Gasteiger partial charge in [-0.3, -0.25) is 4.79 Å². The van der Waals surface area contributed by atoms with Gasteiger partial charge in [-0.05, 0) is 58.6 Å². The molecular formula is C17H17BrO2. The quantitative estimate of drug-likeness (QED) is 0.735. The zero-order valence-electron chi connectivity index (χ0n) is 11.7. The summed E-state index contributed by atoms with van der Waals surface area (Å²) in [6.07, 6.45) is 1.04. The number of carbonyl (C=O) groups is 1. The van der Waals surface area contributed by atoms with Gasteiger partial charge in [-0.25, -0.2) is 0 Å². The van der Waals surface area contributed by atoms with Crippen LogP contribution in [0.3, 0.4) is 0 Å². The Morgan fingerprint density at radius 1 is 1.10 bits per heavy atom. The first-order valence-electron chi connectivity index (χ1n) is 6.61. The molecule has 2 aromatic rings. The zero-order valence-corrected chi connectivity index (χ0v) is 13.2. The number of ether oxygens (including phenoxy) is 1. The number of aryl methyl sites for hydroxylation is 1. The predicted molar refractivity (Wildman–Crippen MR) is 84.3 cm³/mol. The molecule has 0 N–H and O–H groups in total. The third-order valence-electron chi connectivity index (χ3n) is 3.16. The Labute approximate surface area is 127 Å². The number of benzene rings is 2. The molecule has 2 rings (SSSR count). The van der Waals surface area contributed by atoms with Gasteiger partial charge in [0.15, 0.2) is 5.78 Å². The van der Waals surface area contributed by atoms with Crippen LogP contribution in [0.2, 0.25) is 0 Å². The summed E-state index contributed by atoms with van der Waals surface area (Å²) in [6.45, 7) is 4.21. The number of ketones is 1. The highest BCUT2D eigenvalue weighted by atomic mass is 79.9. The summed E-state index contributed by atoms with van der Waals surface area (Å²) in [5.41, 5.74) is 3.13. The maximum absolute atomic E-state index is 11.3. The summed E-state index contributed by atoms with van der Waals surface area (Å²) < 4.78 is 6.51. The average Bonchev–Trinajstić information content (AvgIpc) is 2.45. The zero-order chi connectivity index (χ0) is 14.5. The number of hydrogen-bond acceptors (Lipinski definition) is 2. The Balaban J connectivity index is 2.03. The molecule has 0 fully saturated rings. The minimum Gasteiger partial charge on any atom is -0.489 e. The Bertz CT molecular complexity index is 603. The van der Waals surface area contributed by atoms with Crippen LogP contribution in [0.25, 0.3) is 0 Å². The number of Topliss-reactive ketones (excluding diaryl/α,β-unsaturated/α-hetero) is 1. The van der Waals surface area contributed by atoms with Crippen molar-refractivity contribution in [2.24, 2.45) is 0 Å². The fourth-order valence-corrected chi connectivity index (χ4v) is 2.55. The number of halogens is 1. The van der Waals surface area contributed by atoms with E-state index in [9.17, 15) is 4.79 Å². The minimum atomic E-state index is 0.0404. The lowest BCUT2D eigenvalue weighted by Gasteiger charge is -2.08. The van der Waals surface area contributed by atoms with Crippen molar-refractivity contribution in [2.45, 2.75) is 26.9 Å². The van der Waals surface area contributed by atoms with Gasteiger partial charge < -0.3 is 4.74 Å². The van der Waals surface area contributed by atoms with Gasteiger partial charge >= 0.3 is 0 Å². The van der Waals surface area contributed by atoms with Crippen molar-refractivity contribution < 1.29 is 9.53 Å². The molecule has 0 atom stereocenters. The van der Waals surface area contributed by atoms with Crippen LogP contribution in [0, 0.1) is 0 Å². The largest absolute Gasteiger partial charge is 0.489 e. The molecule has 0 saturated carbocycles. The fraction of sp³-hybridized carbons (Fsp3) is 0.235. The number of hydrogen-bond donors (Lipinski definition) is 0. The standard InChI is InChI=1S/C17H17BrO2/c1-3-13-4-6-14(7-5-13)11-20-15-8-9-16(12(2)19)17(18)10-15/h4-10H,3,11H2,1-2H3. The third-order valence-corrected chi connectivity index (χ3v) is 3.81. The molecule has 0 amide bonds. The summed E-state index contributed by atoms with van der Waals surface area (Å²) in [6, 6.07) is 13.8. The molecule has 104 valence electrons. The van der Waals surface area contributed by atoms with Crippen LogP contribution in [-0.4, -0.2) is 5.78 Å². The van der Waals surface area contributed by atoms with Gasteiger partial charge in [-0.2, -0.15) is 0 Å². The maximum Gasteiger partial charge on any atom is 0.160 e. The van der Waals surface area contributed by atoms with Crippen LogP contribution < -0.4 is 4.74 Å². The summed E-state index contributed by atoms with van der Waals surface area (Å²) in [5.74, 6) is 0.792. The lowest BCUT2D eigenvalue weighted by atomic mass is 10.1. The van der Waals surface area contributed by atoms with Gasteiger partial charge in [-0.1, -0.05) is 31.2 Å². The number of rotatable bonds is 5. The van der Waals surface area contributed by atoms with E-state index in [1.165, 1.54) is 5.56 Å². The smallest absolute Gasteiger partial charge is 0.160 e. The van der Waals surface area contributed by atoms with Gasteiger partial charge in [-0.15, -0.1) is 0 Å². The summed E-state index contributed by atoms with van der Waals surface area (Å²) >= 11 is 3.39. The molecular weight excluding hydrogens is 316 g/mol. The molecule has 0 aliphatic rings. The predicted octanol–water partition coefficient (Wildman–Crippen LogP) is 4.79. The first-order chi connectivity index (χ1) is 9.60. The molecule has 0 radical (unpaired) electrons. The Morgan fingerprint density at radius 3 is 2.30 bits per heavy atom. The van der Waals surface area contributed by atoms with Crippen molar-refractivity contribution in [3.63, 3.8) is 0 Å². The van der Waals surface area contributed by atoms with Gasteiger partial charge in [0.2, 0.25) is 0 Å². The summed E-state index contributed by atoms with van der Waals surface area (Å²) in [5, 5.41) is 0. The van der Waals surface area contributed by atoms with Crippen LogP contribution in [-0.2, 0) is 13.0 Å². The van der Waals surface area contributed by atoms with E-state index in [-0.39, 0.29) is 5.78 Å². The molecule has 0 unspecified atom stereocenters. The summed E-state index contributed by atoms with van der Waals surface area (Å²) in [4.78, 5) is 11.3. The third kappa shape index (κ3) is 3.70. The lowest BCUT2D eigenvalue weighted by molar-refractivity contribution is 0.101. The highest BCUT2D eigenvalue weighted by Crippen LogP contribution is 2.24. The maximum atomic E-state index is 11.3. The van der Waals surface area contributed by atoms with Crippen LogP contribution in [0.5, 0.6) is 5.75 Å². The number of carbonyl (C=O) groups excluding carboxylic acids is 1. The van der Waals surface area contributed by atoms with Crippen LogP contribution >= 0.6 is 15.9 Å². The van der Waals surface area contributed by atoms with Gasteiger partial charge in [0.25, 0.3) is 0 Å². The Morgan fingerprint density at radius 2 is 1.75 bits per heavy atom. The van der Waals surface area contributed by atoms with Gasteiger partial charge in [0.1, 0.15) is 12.4 Å². The first-order valence-corrected chi connectivity index (χ1v) is 7.40. The molecule has 0 spiro atoms. The van der Waals surface area contributed by atoms with E-state index in [0.29, 0.717) is 12.2 Å². The van der Waals surface area contributed by atoms with Crippen molar-refractivity contribution in [3.05, 3.63) is 63.6 Å². The second-order valence-corrected chi connectivity index (χ2v) is 5.51. The van der Waals surface area contributed by atoms with Crippen molar-refractivity contribution in [1.29, 1.82) is 0 Å². The fourth-order valence-electron chi connectivity index (χ4n) is 1.91. The lowest BCUT2D eigenvalue weighted by Crippen LogP contribution is -1.98. The second-order valence-electron chi connectivity index (χ2n) is 4.66. The van der Waals surface area contributed by atoms with Crippen LogP contribution in [0.15, 0.2) is 46.9 Å². The average molecular weight is 333 g/mol. The second kappa shape index (κ2) is 6.71. The normalized spacial score (nSPS) is 10.3. The van der Waals surface area contributed by atoms with E-state index in [1.807, 2.05) is 12.1 Å². The summed E-state index contributed by atoms with van der Waals surface area (Å²) in [7, 11) is 0. The highest BCUT2D eigenvalue weighted by Gasteiger charge is 2.06.